The first-order valence-electron chi connectivity index (χ1n) is 13.1. The molecule has 11 nitrogen and oxygen atoms in total. The van der Waals surface area contributed by atoms with E-state index in [1.165, 1.54) is 0 Å². The lowest BCUT2D eigenvalue weighted by Crippen LogP contribution is -2.60. The average Bonchev–Trinajstić information content (AvgIpc) is 3.11. The lowest BCUT2D eigenvalue weighted by molar-refractivity contribution is -0.300. The summed E-state index contributed by atoms with van der Waals surface area (Å²) in [5, 5.41) is 69.4. The van der Waals surface area contributed by atoms with Gasteiger partial charge in [0.15, 0.2) is 12.4 Å². The van der Waals surface area contributed by atoms with Crippen molar-refractivity contribution in [2.75, 3.05) is 0 Å². The average molecular weight is 531 g/mol. The van der Waals surface area contributed by atoms with Crippen molar-refractivity contribution in [1.29, 1.82) is 0 Å². The Balaban J connectivity index is 2.09. The van der Waals surface area contributed by atoms with Gasteiger partial charge in [-0.25, -0.2) is 4.79 Å². The largest absolute Gasteiger partial charge is 0.481 e. The van der Waals surface area contributed by atoms with Gasteiger partial charge < -0.3 is 45.2 Å². The molecule has 11 heteroatoms. The summed E-state index contributed by atoms with van der Waals surface area (Å²) in [6.45, 7) is 2.03. The van der Waals surface area contributed by atoms with Gasteiger partial charge in [-0.2, -0.15) is 0 Å². The van der Waals surface area contributed by atoms with Crippen molar-refractivity contribution >= 4 is 11.9 Å². The van der Waals surface area contributed by atoms with Crippen LogP contribution in [0.4, 0.5) is 0 Å². The molecule has 1 aliphatic carbocycles. The van der Waals surface area contributed by atoms with E-state index in [4.69, 9.17) is 14.6 Å². The van der Waals surface area contributed by atoms with E-state index < -0.39 is 61.0 Å². The van der Waals surface area contributed by atoms with Gasteiger partial charge in [-0.1, -0.05) is 50.5 Å². The molecule has 0 bridgehead atoms. The summed E-state index contributed by atoms with van der Waals surface area (Å²) in [5.41, 5.74) is 0. The van der Waals surface area contributed by atoms with Crippen molar-refractivity contribution < 1.29 is 54.8 Å². The Morgan fingerprint density at radius 3 is 2.35 bits per heavy atom. The number of carbonyl (C=O) groups is 2. The summed E-state index contributed by atoms with van der Waals surface area (Å²) in [4.78, 5) is 22.0. The molecule has 1 aliphatic heterocycles. The maximum Gasteiger partial charge on any atom is 0.335 e. The summed E-state index contributed by atoms with van der Waals surface area (Å²) in [5.74, 6) is -2.98. The lowest BCUT2D eigenvalue weighted by Gasteiger charge is -2.39. The first-order chi connectivity index (χ1) is 17.6. The molecule has 1 saturated carbocycles. The van der Waals surface area contributed by atoms with Crippen LogP contribution in [0.5, 0.6) is 0 Å². The number of allylic oxidation sites excluding steroid dienone is 2. The van der Waals surface area contributed by atoms with E-state index in [0.717, 1.165) is 19.3 Å². The standard InChI is InChI=1S/C26H42O11/c1-2-3-6-9-15(36-26-23(33)21(31)22(32)24(37-26)25(34)35)12-13-17-16(18(27)14-19(17)28)10-7-4-5-8-11-20(29)30/h4,7,12-13,15-19,21-24,26-28,31-33H,2-3,5-6,8-11,14H2,1H3,(H,29,30)(H,34,35)/b7-4-,13-12+/t15-,16-,17+,18-,19+,21+,22+,23-,24?,26?/m0/s1. The molecule has 0 aromatic rings. The second-order valence-electron chi connectivity index (χ2n) is 9.89. The third-order valence-corrected chi connectivity index (χ3v) is 7.01. The van der Waals surface area contributed by atoms with Crippen LogP contribution in [0.25, 0.3) is 0 Å². The van der Waals surface area contributed by atoms with Gasteiger partial charge in [0.2, 0.25) is 0 Å². The number of aliphatic hydroxyl groups excluding tert-OH is 5. The van der Waals surface area contributed by atoms with Gasteiger partial charge in [0.05, 0.1) is 18.3 Å². The number of carboxylic acid groups (broad SMARTS) is 2. The summed E-state index contributed by atoms with van der Waals surface area (Å²) >= 11 is 0. The van der Waals surface area contributed by atoms with Gasteiger partial charge in [-0.3, -0.25) is 4.79 Å². The summed E-state index contributed by atoms with van der Waals surface area (Å²) in [6, 6.07) is 0. The Hall–Kier alpha value is -1.86. The predicted octanol–water partition coefficient (Wildman–Crippen LogP) is 0.959. The predicted molar refractivity (Wildman–Crippen MR) is 131 cm³/mol. The molecule has 7 N–H and O–H groups in total. The molecule has 0 spiro atoms. The molecule has 0 amide bonds. The number of unbranched alkanes of at least 4 members (excludes halogenated alkanes) is 3. The zero-order valence-corrected chi connectivity index (χ0v) is 21.2. The van der Waals surface area contributed by atoms with E-state index in [0.29, 0.717) is 25.7 Å². The van der Waals surface area contributed by atoms with Gasteiger partial charge in [0.25, 0.3) is 0 Å². The van der Waals surface area contributed by atoms with Crippen LogP contribution in [0.15, 0.2) is 24.3 Å². The number of aliphatic hydroxyl groups is 5. The number of hydrogen-bond donors (Lipinski definition) is 7. The van der Waals surface area contributed by atoms with Crippen LogP contribution in [0, 0.1) is 11.8 Å². The van der Waals surface area contributed by atoms with Gasteiger partial charge >= 0.3 is 11.9 Å². The van der Waals surface area contributed by atoms with Gasteiger partial charge in [-0.05, 0) is 31.6 Å². The minimum Gasteiger partial charge on any atom is -0.481 e. The number of aliphatic carboxylic acids is 2. The molecular weight excluding hydrogens is 488 g/mol. The van der Waals surface area contributed by atoms with Crippen molar-refractivity contribution in [3.8, 4) is 0 Å². The molecule has 1 heterocycles. The highest BCUT2D eigenvalue weighted by Crippen LogP contribution is 2.36. The maximum atomic E-state index is 11.4. The molecular formula is C26H42O11. The summed E-state index contributed by atoms with van der Waals surface area (Å²) in [7, 11) is 0. The molecule has 0 radical (unpaired) electrons. The van der Waals surface area contributed by atoms with Gasteiger partial charge in [0.1, 0.15) is 18.3 Å². The first kappa shape index (κ1) is 31.4. The van der Waals surface area contributed by atoms with Crippen LogP contribution in [-0.2, 0) is 19.1 Å². The Labute approximate surface area is 217 Å². The maximum absolute atomic E-state index is 11.4. The normalized spacial score (nSPS) is 35.4. The quantitative estimate of drug-likeness (QED) is 0.118. The highest BCUT2D eigenvalue weighted by molar-refractivity contribution is 5.73. The van der Waals surface area contributed by atoms with Gasteiger partial charge in [-0.15, -0.1) is 0 Å². The molecule has 2 unspecified atom stereocenters. The number of hydrogen-bond acceptors (Lipinski definition) is 9. The van der Waals surface area contributed by atoms with E-state index >= 15 is 0 Å². The smallest absolute Gasteiger partial charge is 0.335 e. The number of ether oxygens (including phenoxy) is 2. The van der Waals surface area contributed by atoms with Crippen LogP contribution < -0.4 is 0 Å². The third kappa shape index (κ3) is 9.43. The highest BCUT2D eigenvalue weighted by atomic mass is 16.7. The highest BCUT2D eigenvalue weighted by Gasteiger charge is 2.48. The Morgan fingerprint density at radius 1 is 0.973 bits per heavy atom. The molecule has 2 aliphatic rings. The Kier molecular flexibility index (Phi) is 13.2. The third-order valence-electron chi connectivity index (χ3n) is 7.01. The molecule has 0 aromatic heterocycles. The fourth-order valence-corrected chi connectivity index (χ4v) is 4.84. The Bertz CT molecular complexity index is 770. The molecule has 2 fully saturated rings. The molecule has 37 heavy (non-hydrogen) atoms. The fraction of sp³-hybridized carbons (Fsp3) is 0.769. The second-order valence-corrected chi connectivity index (χ2v) is 9.89. The summed E-state index contributed by atoms with van der Waals surface area (Å²) < 4.78 is 11.1. The molecule has 1 saturated heterocycles. The van der Waals surface area contributed by atoms with Crippen LogP contribution in [-0.4, -0.2) is 96.7 Å². The van der Waals surface area contributed by atoms with Crippen LogP contribution in [0.2, 0.25) is 0 Å². The van der Waals surface area contributed by atoms with E-state index in [-0.39, 0.29) is 24.7 Å². The minimum atomic E-state index is -1.81. The van der Waals surface area contributed by atoms with Crippen molar-refractivity contribution in [2.24, 2.45) is 11.8 Å². The lowest BCUT2D eigenvalue weighted by atomic mass is 9.89. The number of rotatable bonds is 15. The molecule has 2 rings (SSSR count). The topological polar surface area (TPSA) is 194 Å². The summed E-state index contributed by atoms with van der Waals surface area (Å²) in [6.07, 6.45) is 1.63. The minimum absolute atomic E-state index is 0.0858. The van der Waals surface area contributed by atoms with E-state index in [1.807, 2.05) is 19.1 Å². The van der Waals surface area contributed by atoms with Crippen molar-refractivity contribution in [3.05, 3.63) is 24.3 Å². The van der Waals surface area contributed by atoms with E-state index in [1.54, 1.807) is 12.2 Å². The van der Waals surface area contributed by atoms with E-state index in [2.05, 4.69) is 0 Å². The second kappa shape index (κ2) is 15.5. The first-order valence-corrected chi connectivity index (χ1v) is 13.1. The molecule has 0 aromatic carbocycles. The zero-order chi connectivity index (χ0) is 27.5. The monoisotopic (exact) mass is 530 g/mol. The van der Waals surface area contributed by atoms with Crippen LogP contribution in [0.1, 0.15) is 64.7 Å². The fourth-order valence-electron chi connectivity index (χ4n) is 4.84. The SMILES string of the molecule is CCCCC[C@@H](/C=C/[C@@H]1[C@H](C/C=C\CCCC(=O)O)[C@@H](O)C[C@H]1O)OC1OC(C(=O)O)[C@H](O)[C@@H](O)[C@@H]1O. The van der Waals surface area contributed by atoms with Gasteiger partial charge in [0, 0.05) is 18.8 Å². The van der Waals surface area contributed by atoms with E-state index in [9.17, 15) is 40.2 Å². The Morgan fingerprint density at radius 2 is 1.70 bits per heavy atom. The zero-order valence-electron chi connectivity index (χ0n) is 21.2. The molecule has 10 atom stereocenters. The van der Waals surface area contributed by atoms with Crippen molar-refractivity contribution in [1.82, 2.24) is 0 Å². The van der Waals surface area contributed by atoms with Crippen molar-refractivity contribution in [3.63, 3.8) is 0 Å². The van der Waals surface area contributed by atoms with Crippen molar-refractivity contribution in [2.45, 2.75) is 114 Å². The van der Waals surface area contributed by atoms with Crippen LogP contribution >= 0.6 is 0 Å². The van der Waals surface area contributed by atoms with Crippen LogP contribution in [0.3, 0.4) is 0 Å². The number of carboxylic acids is 2. The molecule has 212 valence electrons.